The summed E-state index contributed by atoms with van der Waals surface area (Å²) in [6.45, 7) is 0. The van der Waals surface area contributed by atoms with Crippen LogP contribution >= 0.6 is 34.8 Å². The fraction of sp³-hybridized carbons (Fsp3) is 0.357. The lowest BCUT2D eigenvalue weighted by atomic mass is 10.0. The van der Waals surface area contributed by atoms with Crippen LogP contribution in [-0.4, -0.2) is 15.0 Å². The van der Waals surface area contributed by atoms with Gasteiger partial charge >= 0.3 is 0 Å². The van der Waals surface area contributed by atoms with Crippen LogP contribution < -0.4 is 0 Å². The zero-order valence-corrected chi connectivity index (χ0v) is 12.9. The van der Waals surface area contributed by atoms with E-state index in [0.29, 0.717) is 32.6 Å². The molecule has 3 rings (SSSR count). The Kier molecular flexibility index (Phi) is 4.11. The molecule has 0 unspecified atom stereocenters. The van der Waals surface area contributed by atoms with E-state index in [1.165, 1.54) is 19.0 Å². The minimum Gasteiger partial charge on any atom is -0.250 e. The highest BCUT2D eigenvalue weighted by molar-refractivity contribution is 6.36. The third-order valence-corrected chi connectivity index (χ3v) is 4.20. The molecule has 0 atom stereocenters. The van der Waals surface area contributed by atoms with Crippen molar-refractivity contribution in [3.05, 3.63) is 39.2 Å². The van der Waals surface area contributed by atoms with Gasteiger partial charge in [0.25, 0.3) is 0 Å². The Hall–Kier alpha value is -0.900. The van der Waals surface area contributed by atoms with Crippen molar-refractivity contribution in [3.63, 3.8) is 0 Å². The summed E-state index contributed by atoms with van der Waals surface area (Å²) in [5, 5.41) is 1.33. The quantitative estimate of drug-likeness (QED) is 0.715. The van der Waals surface area contributed by atoms with Crippen LogP contribution in [0.4, 0.5) is 0 Å². The van der Waals surface area contributed by atoms with Gasteiger partial charge in [-0.3, -0.25) is 0 Å². The summed E-state index contributed by atoms with van der Waals surface area (Å²) >= 11 is 18.1. The molecular weight excluding hydrogens is 317 g/mol. The van der Waals surface area contributed by atoms with Gasteiger partial charge in [0, 0.05) is 17.8 Å². The molecule has 0 saturated heterocycles. The van der Waals surface area contributed by atoms with Gasteiger partial charge < -0.3 is 0 Å². The van der Waals surface area contributed by atoms with E-state index in [1.807, 2.05) is 6.07 Å². The summed E-state index contributed by atoms with van der Waals surface area (Å²) < 4.78 is 0. The molecule has 2 heterocycles. The van der Waals surface area contributed by atoms with Crippen LogP contribution in [0, 0.1) is 0 Å². The van der Waals surface area contributed by atoms with Crippen LogP contribution in [0.3, 0.4) is 0 Å². The van der Waals surface area contributed by atoms with Gasteiger partial charge in [-0.2, -0.15) is 0 Å². The van der Waals surface area contributed by atoms with Crippen molar-refractivity contribution in [2.75, 3.05) is 0 Å². The zero-order valence-electron chi connectivity index (χ0n) is 10.6. The third-order valence-electron chi connectivity index (χ3n) is 3.51. The molecule has 0 radical (unpaired) electrons. The van der Waals surface area contributed by atoms with Gasteiger partial charge in [-0.15, -0.1) is 0 Å². The second kappa shape index (κ2) is 5.84. The summed E-state index contributed by atoms with van der Waals surface area (Å²) in [5.74, 6) is 0.918. The molecule has 3 nitrogen and oxygen atoms in total. The first-order valence-corrected chi connectivity index (χ1v) is 7.63. The Bertz CT molecular complexity index is 640. The number of pyridine rings is 1. The minimum absolute atomic E-state index is 0.421. The van der Waals surface area contributed by atoms with E-state index in [-0.39, 0.29) is 0 Å². The number of aromatic nitrogens is 3. The molecule has 0 aliphatic heterocycles. The van der Waals surface area contributed by atoms with Crippen LogP contribution in [0.1, 0.15) is 37.3 Å². The molecule has 0 N–H and O–H groups in total. The van der Waals surface area contributed by atoms with Crippen LogP contribution in [-0.2, 0) is 0 Å². The van der Waals surface area contributed by atoms with Gasteiger partial charge in [0.2, 0.25) is 0 Å². The molecule has 20 heavy (non-hydrogen) atoms. The number of nitrogens with zero attached hydrogens (tertiary/aromatic N) is 3. The smallest absolute Gasteiger partial charge is 0.181 e. The van der Waals surface area contributed by atoms with Crippen molar-refractivity contribution < 1.29 is 0 Å². The van der Waals surface area contributed by atoms with Gasteiger partial charge in [-0.1, -0.05) is 47.6 Å². The molecule has 0 spiro atoms. The largest absolute Gasteiger partial charge is 0.250 e. The monoisotopic (exact) mass is 327 g/mol. The highest BCUT2D eigenvalue weighted by atomic mass is 35.5. The van der Waals surface area contributed by atoms with Crippen LogP contribution in [0.15, 0.2) is 18.3 Å². The Morgan fingerprint density at radius 3 is 2.45 bits per heavy atom. The molecule has 2 aromatic heterocycles. The minimum atomic E-state index is 0.421. The van der Waals surface area contributed by atoms with E-state index in [2.05, 4.69) is 15.0 Å². The first-order chi connectivity index (χ1) is 9.63. The normalized spacial score (nSPS) is 15.8. The molecule has 104 valence electrons. The summed E-state index contributed by atoms with van der Waals surface area (Å²) in [7, 11) is 0. The Labute approximate surface area is 132 Å². The van der Waals surface area contributed by atoms with Crippen molar-refractivity contribution in [2.45, 2.75) is 31.6 Å². The molecule has 1 fully saturated rings. The van der Waals surface area contributed by atoms with E-state index in [0.717, 1.165) is 18.5 Å². The molecule has 1 aliphatic rings. The molecule has 6 heteroatoms. The average Bonchev–Trinajstić information content (AvgIpc) is 2.91. The number of hydrogen-bond acceptors (Lipinski definition) is 3. The Morgan fingerprint density at radius 2 is 1.75 bits per heavy atom. The SMILES string of the molecule is Clc1cnc(-c2nc(Cl)cc(C3CCCC3)n2)c(Cl)c1. The lowest BCUT2D eigenvalue weighted by Crippen LogP contribution is -2.01. The topological polar surface area (TPSA) is 38.7 Å². The molecular formula is C14H12Cl3N3. The van der Waals surface area contributed by atoms with E-state index in [4.69, 9.17) is 34.8 Å². The van der Waals surface area contributed by atoms with Crippen molar-refractivity contribution in [2.24, 2.45) is 0 Å². The van der Waals surface area contributed by atoms with Crippen LogP contribution in [0.2, 0.25) is 15.2 Å². The van der Waals surface area contributed by atoms with E-state index < -0.39 is 0 Å². The zero-order chi connectivity index (χ0) is 14.1. The fourth-order valence-corrected chi connectivity index (χ4v) is 3.21. The van der Waals surface area contributed by atoms with Gasteiger partial charge in [-0.05, 0) is 25.0 Å². The predicted molar refractivity (Wildman–Crippen MR) is 81.5 cm³/mol. The lowest BCUT2D eigenvalue weighted by molar-refractivity contribution is 0.695. The predicted octanol–water partition coefficient (Wildman–Crippen LogP) is 5.16. The maximum absolute atomic E-state index is 6.16. The molecule has 1 aliphatic carbocycles. The van der Waals surface area contributed by atoms with Gasteiger partial charge in [0.05, 0.1) is 10.0 Å². The summed E-state index contributed by atoms with van der Waals surface area (Å²) in [5.41, 5.74) is 1.49. The number of rotatable bonds is 2. The van der Waals surface area contributed by atoms with E-state index in [1.54, 1.807) is 6.07 Å². The maximum atomic E-state index is 6.16. The highest BCUT2D eigenvalue weighted by Gasteiger charge is 2.21. The van der Waals surface area contributed by atoms with Crippen molar-refractivity contribution in [1.82, 2.24) is 15.0 Å². The van der Waals surface area contributed by atoms with Crippen LogP contribution in [0.5, 0.6) is 0 Å². The summed E-state index contributed by atoms with van der Waals surface area (Å²) in [4.78, 5) is 13.0. The van der Waals surface area contributed by atoms with Gasteiger partial charge in [0.15, 0.2) is 5.82 Å². The lowest BCUT2D eigenvalue weighted by Gasteiger charge is -2.11. The van der Waals surface area contributed by atoms with Crippen LogP contribution in [0.25, 0.3) is 11.5 Å². The standard InChI is InChI=1S/C14H12Cl3N3/c15-9-5-10(16)13(18-7-9)14-19-11(6-12(17)20-14)8-3-1-2-4-8/h5-8H,1-4H2. The Balaban J connectivity index is 2.04. The number of halogens is 3. The first-order valence-electron chi connectivity index (χ1n) is 6.49. The fourth-order valence-electron chi connectivity index (χ4n) is 2.55. The molecule has 2 aromatic rings. The first kappa shape index (κ1) is 14.1. The Morgan fingerprint density at radius 1 is 1.00 bits per heavy atom. The molecule has 0 amide bonds. The molecule has 0 aromatic carbocycles. The maximum Gasteiger partial charge on any atom is 0.181 e. The second-order valence-electron chi connectivity index (χ2n) is 4.90. The van der Waals surface area contributed by atoms with Crippen molar-refractivity contribution in [3.8, 4) is 11.5 Å². The number of hydrogen-bond donors (Lipinski definition) is 0. The van der Waals surface area contributed by atoms with Gasteiger partial charge in [0.1, 0.15) is 10.8 Å². The van der Waals surface area contributed by atoms with Crippen molar-refractivity contribution >= 4 is 34.8 Å². The van der Waals surface area contributed by atoms with E-state index in [9.17, 15) is 0 Å². The van der Waals surface area contributed by atoms with E-state index >= 15 is 0 Å². The second-order valence-corrected chi connectivity index (χ2v) is 6.14. The highest BCUT2D eigenvalue weighted by Crippen LogP contribution is 2.35. The molecule has 0 bridgehead atoms. The summed E-state index contributed by atoms with van der Waals surface area (Å²) in [6, 6.07) is 3.47. The van der Waals surface area contributed by atoms with Crippen molar-refractivity contribution in [1.29, 1.82) is 0 Å². The van der Waals surface area contributed by atoms with Gasteiger partial charge in [-0.25, -0.2) is 15.0 Å². The average molecular weight is 329 g/mol. The summed E-state index contributed by atoms with van der Waals surface area (Å²) in [6.07, 6.45) is 6.30. The third kappa shape index (κ3) is 2.90. The molecule has 1 saturated carbocycles.